The van der Waals surface area contributed by atoms with Gasteiger partial charge < -0.3 is 4.90 Å². The minimum absolute atomic E-state index is 0.00776. The molecule has 5 heteroatoms. The lowest BCUT2D eigenvalue weighted by molar-refractivity contribution is -0.123. The van der Waals surface area contributed by atoms with Crippen LogP contribution in [0.25, 0.3) is 0 Å². The van der Waals surface area contributed by atoms with Gasteiger partial charge in [0.1, 0.15) is 0 Å². The van der Waals surface area contributed by atoms with E-state index in [1.54, 1.807) is 4.90 Å². The number of nitrogens with zero attached hydrogens (tertiary/aromatic N) is 2. The topological polar surface area (TPSA) is 23.6 Å². The van der Waals surface area contributed by atoms with Gasteiger partial charge >= 0.3 is 0 Å². The number of anilines is 1. The van der Waals surface area contributed by atoms with Crippen LogP contribution in [0.3, 0.4) is 0 Å². The van der Waals surface area contributed by atoms with Gasteiger partial charge in [-0.3, -0.25) is 9.69 Å². The van der Waals surface area contributed by atoms with Gasteiger partial charge in [-0.2, -0.15) is 0 Å². The highest BCUT2D eigenvalue weighted by Crippen LogP contribution is 2.29. The van der Waals surface area contributed by atoms with Crippen molar-refractivity contribution in [2.24, 2.45) is 5.92 Å². The number of hydrogen-bond acceptors (Lipinski definition) is 2. The van der Waals surface area contributed by atoms with Gasteiger partial charge in [-0.15, -0.1) is 0 Å². The Morgan fingerprint density at radius 3 is 2.52 bits per heavy atom. The second-order valence-electron chi connectivity index (χ2n) is 7.44. The lowest BCUT2D eigenvalue weighted by Gasteiger charge is -2.34. The maximum absolute atomic E-state index is 13.1. The molecular weight excluding hydrogens is 379 g/mol. The van der Waals surface area contributed by atoms with E-state index in [2.05, 4.69) is 30.9 Å². The summed E-state index contributed by atoms with van der Waals surface area (Å²) in [4.78, 5) is 17.2. The standard InChI is InChI=1S/C22H26Cl2N2O/c1-15-9-10-18(12-16(15)2)25(3)22(27)17-6-5-11-26(13-17)14-19-20(23)7-4-8-21(19)24/h4,7-10,12,17H,5-6,11,13-14H2,1-3H3/t17-/m0/s1. The highest BCUT2D eigenvalue weighted by Gasteiger charge is 2.29. The fourth-order valence-corrected chi connectivity index (χ4v) is 4.16. The molecule has 1 amide bonds. The van der Waals surface area contributed by atoms with E-state index in [0.717, 1.165) is 37.2 Å². The van der Waals surface area contributed by atoms with Crippen molar-refractivity contribution in [3.05, 3.63) is 63.1 Å². The Balaban J connectivity index is 1.69. The van der Waals surface area contributed by atoms with Crippen LogP contribution < -0.4 is 4.90 Å². The number of rotatable bonds is 4. The molecule has 27 heavy (non-hydrogen) atoms. The normalized spacial score (nSPS) is 17.7. The largest absolute Gasteiger partial charge is 0.315 e. The number of piperidine rings is 1. The molecule has 0 radical (unpaired) electrons. The molecule has 1 saturated heterocycles. The van der Waals surface area contributed by atoms with Crippen molar-refractivity contribution in [2.75, 3.05) is 25.0 Å². The summed E-state index contributed by atoms with van der Waals surface area (Å²) in [6.45, 7) is 6.52. The molecule has 3 rings (SSSR count). The number of amides is 1. The summed E-state index contributed by atoms with van der Waals surface area (Å²) in [6, 6.07) is 11.8. The molecule has 144 valence electrons. The van der Waals surface area contributed by atoms with Crippen molar-refractivity contribution in [1.29, 1.82) is 0 Å². The molecule has 0 spiro atoms. The Morgan fingerprint density at radius 2 is 1.85 bits per heavy atom. The molecule has 1 aliphatic rings. The smallest absolute Gasteiger partial charge is 0.231 e. The maximum Gasteiger partial charge on any atom is 0.231 e. The highest BCUT2D eigenvalue weighted by atomic mass is 35.5. The van der Waals surface area contributed by atoms with Crippen LogP contribution in [0.2, 0.25) is 10.0 Å². The molecule has 1 atom stereocenters. The molecule has 1 fully saturated rings. The van der Waals surface area contributed by atoms with Gasteiger partial charge in [-0.05, 0) is 68.6 Å². The summed E-state index contributed by atoms with van der Waals surface area (Å²) in [6.07, 6.45) is 1.92. The number of aryl methyl sites for hydroxylation is 2. The molecule has 1 heterocycles. The van der Waals surface area contributed by atoms with Crippen LogP contribution in [0.15, 0.2) is 36.4 Å². The number of benzene rings is 2. The first-order valence-corrected chi connectivity index (χ1v) is 10.1. The van der Waals surface area contributed by atoms with Gasteiger partial charge in [0.2, 0.25) is 5.91 Å². The zero-order valence-electron chi connectivity index (χ0n) is 16.1. The lowest BCUT2D eigenvalue weighted by atomic mass is 9.95. The van der Waals surface area contributed by atoms with Gasteiger partial charge in [0.15, 0.2) is 0 Å². The molecule has 0 saturated carbocycles. The highest BCUT2D eigenvalue weighted by molar-refractivity contribution is 6.35. The summed E-state index contributed by atoms with van der Waals surface area (Å²) >= 11 is 12.6. The van der Waals surface area contributed by atoms with E-state index in [4.69, 9.17) is 23.2 Å². The summed E-state index contributed by atoms with van der Waals surface area (Å²) in [7, 11) is 1.87. The van der Waals surface area contributed by atoms with Crippen LogP contribution in [0.5, 0.6) is 0 Å². The molecule has 1 aliphatic heterocycles. The van der Waals surface area contributed by atoms with Crippen LogP contribution in [-0.4, -0.2) is 30.9 Å². The van der Waals surface area contributed by atoms with Crippen LogP contribution in [-0.2, 0) is 11.3 Å². The van der Waals surface area contributed by atoms with E-state index in [1.807, 2.05) is 31.3 Å². The average molecular weight is 405 g/mol. The minimum Gasteiger partial charge on any atom is -0.315 e. The molecule has 0 bridgehead atoms. The number of likely N-dealkylation sites (tertiary alicyclic amines) is 1. The first kappa shape index (κ1) is 20.2. The third kappa shape index (κ3) is 4.66. The fourth-order valence-electron chi connectivity index (χ4n) is 3.64. The van der Waals surface area contributed by atoms with Gasteiger partial charge in [0.25, 0.3) is 0 Å². The van der Waals surface area contributed by atoms with Crippen molar-refractivity contribution in [3.8, 4) is 0 Å². The van der Waals surface area contributed by atoms with Gasteiger partial charge in [0.05, 0.1) is 5.92 Å². The van der Waals surface area contributed by atoms with Gasteiger partial charge in [-0.25, -0.2) is 0 Å². The summed E-state index contributed by atoms with van der Waals surface area (Å²) < 4.78 is 0. The predicted molar refractivity (Wildman–Crippen MR) is 114 cm³/mol. The maximum atomic E-state index is 13.1. The third-order valence-corrected chi connectivity index (χ3v) is 6.21. The van der Waals surface area contributed by atoms with E-state index in [-0.39, 0.29) is 11.8 Å². The molecule has 2 aromatic rings. The fraction of sp³-hybridized carbons (Fsp3) is 0.409. The Kier molecular flexibility index (Phi) is 6.46. The van der Waals surface area contributed by atoms with Crippen LogP contribution >= 0.6 is 23.2 Å². The first-order chi connectivity index (χ1) is 12.9. The van der Waals surface area contributed by atoms with Crippen LogP contribution in [0, 0.1) is 19.8 Å². The molecule has 3 nitrogen and oxygen atoms in total. The molecule has 0 aliphatic carbocycles. The third-order valence-electron chi connectivity index (χ3n) is 5.51. The van der Waals surface area contributed by atoms with E-state index < -0.39 is 0 Å². The van der Waals surface area contributed by atoms with Gasteiger partial charge in [-0.1, -0.05) is 35.3 Å². The SMILES string of the molecule is Cc1ccc(N(C)C(=O)[C@H]2CCCN(Cc3c(Cl)cccc3Cl)C2)cc1C. The zero-order valence-corrected chi connectivity index (χ0v) is 17.6. The van der Waals surface area contributed by atoms with Crippen molar-refractivity contribution in [3.63, 3.8) is 0 Å². The summed E-state index contributed by atoms with van der Waals surface area (Å²) in [5, 5.41) is 1.37. The monoisotopic (exact) mass is 404 g/mol. The second-order valence-corrected chi connectivity index (χ2v) is 8.25. The summed E-state index contributed by atoms with van der Waals surface area (Å²) in [5.74, 6) is 0.167. The van der Waals surface area contributed by atoms with Crippen molar-refractivity contribution in [1.82, 2.24) is 4.90 Å². The summed E-state index contributed by atoms with van der Waals surface area (Å²) in [5.41, 5.74) is 4.33. The molecule has 2 aromatic carbocycles. The van der Waals surface area contributed by atoms with E-state index in [9.17, 15) is 4.79 Å². The Labute approximate surface area is 171 Å². The van der Waals surface area contributed by atoms with E-state index in [1.165, 1.54) is 11.1 Å². The number of carbonyl (C=O) groups is 1. The Morgan fingerprint density at radius 1 is 1.15 bits per heavy atom. The van der Waals surface area contributed by atoms with Crippen molar-refractivity contribution >= 4 is 34.8 Å². The van der Waals surface area contributed by atoms with E-state index >= 15 is 0 Å². The minimum atomic E-state index is -0.00776. The lowest BCUT2D eigenvalue weighted by Crippen LogP contribution is -2.43. The molecular formula is C22H26Cl2N2O. The number of carbonyl (C=O) groups excluding carboxylic acids is 1. The Bertz CT molecular complexity index is 817. The molecule has 0 N–H and O–H groups in total. The molecule has 0 aromatic heterocycles. The predicted octanol–water partition coefficient (Wildman–Crippen LogP) is 5.49. The number of hydrogen-bond donors (Lipinski definition) is 0. The zero-order chi connectivity index (χ0) is 19.6. The second kappa shape index (κ2) is 8.64. The van der Waals surface area contributed by atoms with E-state index in [0.29, 0.717) is 16.6 Å². The molecule has 0 unspecified atom stereocenters. The number of halogens is 2. The average Bonchev–Trinajstić information content (AvgIpc) is 2.66. The van der Waals surface area contributed by atoms with Crippen LogP contribution in [0.1, 0.15) is 29.5 Å². The van der Waals surface area contributed by atoms with Crippen molar-refractivity contribution < 1.29 is 4.79 Å². The first-order valence-electron chi connectivity index (χ1n) is 9.37. The van der Waals surface area contributed by atoms with Crippen molar-refractivity contribution in [2.45, 2.75) is 33.2 Å². The van der Waals surface area contributed by atoms with Crippen LogP contribution in [0.4, 0.5) is 5.69 Å². The quantitative estimate of drug-likeness (QED) is 0.672. The van der Waals surface area contributed by atoms with Gasteiger partial charge in [0, 0.05) is 41.4 Å². The Hall–Kier alpha value is -1.55.